The average Bonchev–Trinajstić information content (AvgIpc) is 2.44. The van der Waals surface area contributed by atoms with Crippen LogP contribution in [0, 0.1) is 28.1 Å². The highest BCUT2D eigenvalue weighted by atomic mass is 16.3. The van der Waals surface area contributed by atoms with Gasteiger partial charge in [0.05, 0.1) is 6.10 Å². The Morgan fingerprint density at radius 2 is 1.76 bits per heavy atom. The fraction of sp³-hybridized carbons (Fsp3) is 0.933. The SMILES string of the molecule is CC1(C)CCC[C@]2(C)C3C(=O)C[C@@]2(C)C(O)C31. The van der Waals surface area contributed by atoms with Crippen molar-refractivity contribution in [3.63, 3.8) is 0 Å². The Balaban J connectivity index is 2.19. The van der Waals surface area contributed by atoms with Crippen molar-refractivity contribution in [2.45, 2.75) is 59.5 Å². The molecule has 0 heterocycles. The van der Waals surface area contributed by atoms with Gasteiger partial charge in [-0.05, 0) is 23.7 Å². The van der Waals surface area contributed by atoms with Gasteiger partial charge in [0.2, 0.25) is 0 Å². The first kappa shape index (κ1) is 11.7. The molecule has 3 rings (SSSR count). The summed E-state index contributed by atoms with van der Waals surface area (Å²) < 4.78 is 0. The number of aliphatic hydroxyl groups is 1. The molecule has 0 aromatic heterocycles. The quantitative estimate of drug-likeness (QED) is 0.702. The number of ketones is 1. The lowest BCUT2D eigenvalue weighted by Crippen LogP contribution is -2.45. The van der Waals surface area contributed by atoms with Gasteiger partial charge in [-0.15, -0.1) is 0 Å². The second-order valence-corrected chi connectivity index (χ2v) is 7.77. The van der Waals surface area contributed by atoms with Crippen molar-refractivity contribution in [3.05, 3.63) is 0 Å². The lowest BCUT2D eigenvalue weighted by Gasteiger charge is -2.44. The minimum Gasteiger partial charge on any atom is -0.392 e. The molecule has 0 amide bonds. The molecular formula is C15H24O2. The number of carbonyl (C=O) groups excluding carboxylic acids is 1. The molecule has 0 aromatic carbocycles. The summed E-state index contributed by atoms with van der Waals surface area (Å²) in [7, 11) is 0. The normalized spacial score (nSPS) is 56.1. The van der Waals surface area contributed by atoms with Crippen LogP contribution < -0.4 is 0 Å². The highest BCUT2D eigenvalue weighted by Crippen LogP contribution is 2.72. The first-order valence-electron chi connectivity index (χ1n) is 6.95. The summed E-state index contributed by atoms with van der Waals surface area (Å²) in [6, 6.07) is 0. The fourth-order valence-corrected chi connectivity index (χ4v) is 5.40. The summed E-state index contributed by atoms with van der Waals surface area (Å²) in [5, 5.41) is 10.7. The Morgan fingerprint density at radius 3 is 2.41 bits per heavy atom. The van der Waals surface area contributed by atoms with Gasteiger partial charge < -0.3 is 5.11 Å². The minimum atomic E-state index is -0.287. The molecule has 1 N–H and O–H groups in total. The summed E-state index contributed by atoms with van der Waals surface area (Å²) in [5.41, 5.74) is -0.0191. The Labute approximate surface area is 104 Å². The Hall–Kier alpha value is -0.370. The zero-order chi connectivity index (χ0) is 12.6. The number of rotatable bonds is 0. The van der Waals surface area contributed by atoms with Crippen LogP contribution in [0.1, 0.15) is 53.4 Å². The third kappa shape index (κ3) is 1.09. The van der Waals surface area contributed by atoms with Crippen molar-refractivity contribution < 1.29 is 9.90 Å². The first-order valence-corrected chi connectivity index (χ1v) is 6.95. The van der Waals surface area contributed by atoms with Crippen LogP contribution in [0.15, 0.2) is 0 Å². The summed E-state index contributed by atoms with van der Waals surface area (Å²) in [4.78, 5) is 12.3. The summed E-state index contributed by atoms with van der Waals surface area (Å²) in [6.07, 6.45) is 3.76. The maximum absolute atomic E-state index is 12.3. The molecule has 0 saturated heterocycles. The molecular weight excluding hydrogens is 212 g/mol. The van der Waals surface area contributed by atoms with Gasteiger partial charge in [0.15, 0.2) is 0 Å². The fourth-order valence-electron chi connectivity index (χ4n) is 5.40. The van der Waals surface area contributed by atoms with Crippen LogP contribution in [0.4, 0.5) is 0 Å². The van der Waals surface area contributed by atoms with Gasteiger partial charge in [-0.25, -0.2) is 0 Å². The van der Waals surface area contributed by atoms with E-state index >= 15 is 0 Å². The van der Waals surface area contributed by atoms with Crippen molar-refractivity contribution in [1.29, 1.82) is 0 Å². The summed E-state index contributed by atoms with van der Waals surface area (Å²) >= 11 is 0. The molecule has 3 unspecified atom stereocenters. The number of Topliss-reactive ketones (excluding diaryl/α,β-unsaturated/α-hetero) is 1. The highest BCUT2D eigenvalue weighted by Gasteiger charge is 2.73. The number of aliphatic hydroxyl groups excluding tert-OH is 1. The molecule has 3 saturated carbocycles. The molecule has 17 heavy (non-hydrogen) atoms. The van der Waals surface area contributed by atoms with E-state index in [4.69, 9.17) is 0 Å². The van der Waals surface area contributed by atoms with Gasteiger partial charge in [-0.1, -0.05) is 34.1 Å². The minimum absolute atomic E-state index is 0.0436. The van der Waals surface area contributed by atoms with Crippen LogP contribution in [-0.4, -0.2) is 17.0 Å². The third-order valence-electron chi connectivity index (χ3n) is 6.65. The molecule has 5 atom stereocenters. The molecule has 3 aliphatic carbocycles. The van der Waals surface area contributed by atoms with Gasteiger partial charge >= 0.3 is 0 Å². The lowest BCUT2D eigenvalue weighted by molar-refractivity contribution is -0.132. The molecule has 96 valence electrons. The summed E-state index contributed by atoms with van der Waals surface area (Å²) in [5.74, 6) is 0.710. The third-order valence-corrected chi connectivity index (χ3v) is 6.65. The Bertz CT molecular complexity index is 386. The van der Waals surface area contributed by atoms with Crippen LogP contribution in [0.2, 0.25) is 0 Å². The van der Waals surface area contributed by atoms with E-state index in [0.717, 1.165) is 12.8 Å². The van der Waals surface area contributed by atoms with Crippen LogP contribution in [0.3, 0.4) is 0 Å². The van der Waals surface area contributed by atoms with Crippen molar-refractivity contribution in [3.8, 4) is 0 Å². The van der Waals surface area contributed by atoms with E-state index < -0.39 is 0 Å². The maximum atomic E-state index is 12.3. The molecule has 0 radical (unpaired) electrons. The molecule has 2 nitrogen and oxygen atoms in total. The van der Waals surface area contributed by atoms with Crippen LogP contribution in [0.5, 0.6) is 0 Å². The van der Waals surface area contributed by atoms with Crippen molar-refractivity contribution in [2.24, 2.45) is 28.1 Å². The predicted octanol–water partition coefficient (Wildman–Crippen LogP) is 2.79. The van der Waals surface area contributed by atoms with E-state index in [1.165, 1.54) is 6.42 Å². The van der Waals surface area contributed by atoms with Crippen molar-refractivity contribution in [1.82, 2.24) is 0 Å². The van der Waals surface area contributed by atoms with Gasteiger partial charge in [0, 0.05) is 23.7 Å². The first-order chi connectivity index (χ1) is 7.74. The van der Waals surface area contributed by atoms with E-state index in [-0.39, 0.29) is 34.2 Å². The van der Waals surface area contributed by atoms with Gasteiger partial charge in [0.25, 0.3) is 0 Å². The molecule has 3 aliphatic rings. The number of hydrogen-bond acceptors (Lipinski definition) is 2. The lowest BCUT2D eigenvalue weighted by atomic mass is 9.63. The molecule has 0 spiro atoms. The Morgan fingerprint density at radius 1 is 1.12 bits per heavy atom. The second-order valence-electron chi connectivity index (χ2n) is 7.77. The van der Waals surface area contributed by atoms with E-state index in [2.05, 4.69) is 27.7 Å². The molecule has 0 aromatic rings. The van der Waals surface area contributed by atoms with Crippen LogP contribution in [0.25, 0.3) is 0 Å². The van der Waals surface area contributed by atoms with Crippen molar-refractivity contribution >= 4 is 5.78 Å². The molecule has 0 aliphatic heterocycles. The van der Waals surface area contributed by atoms with Gasteiger partial charge in [0.1, 0.15) is 5.78 Å². The number of hydrogen-bond donors (Lipinski definition) is 1. The number of carbonyl (C=O) groups is 1. The maximum Gasteiger partial charge on any atom is 0.137 e. The van der Waals surface area contributed by atoms with Crippen LogP contribution >= 0.6 is 0 Å². The van der Waals surface area contributed by atoms with E-state index in [0.29, 0.717) is 12.2 Å². The van der Waals surface area contributed by atoms with E-state index in [1.807, 2.05) is 0 Å². The largest absolute Gasteiger partial charge is 0.392 e. The monoisotopic (exact) mass is 236 g/mol. The van der Waals surface area contributed by atoms with Crippen molar-refractivity contribution in [2.75, 3.05) is 0 Å². The predicted molar refractivity (Wildman–Crippen MR) is 66.5 cm³/mol. The van der Waals surface area contributed by atoms with Gasteiger partial charge in [-0.2, -0.15) is 0 Å². The Kier molecular flexibility index (Phi) is 2.04. The second kappa shape index (κ2) is 2.96. The van der Waals surface area contributed by atoms with E-state index in [1.54, 1.807) is 0 Å². The topological polar surface area (TPSA) is 37.3 Å². The molecule has 3 fully saturated rings. The molecule has 4 bridgehead atoms. The summed E-state index contributed by atoms with van der Waals surface area (Å²) in [6.45, 7) is 8.89. The van der Waals surface area contributed by atoms with Crippen LogP contribution in [-0.2, 0) is 4.79 Å². The van der Waals surface area contributed by atoms with Gasteiger partial charge in [-0.3, -0.25) is 4.79 Å². The average molecular weight is 236 g/mol. The standard InChI is InChI=1S/C15H24O2/c1-13(2)6-5-7-14(3)10-9(16)8-15(14,4)12(17)11(10)13/h10-12,17H,5-8H2,1-4H3/t10?,11?,12?,14-,15+/m1/s1. The zero-order valence-electron chi connectivity index (χ0n) is 11.4. The molecule has 2 heteroatoms. The zero-order valence-corrected chi connectivity index (χ0v) is 11.4. The highest BCUT2D eigenvalue weighted by molar-refractivity contribution is 5.87. The van der Waals surface area contributed by atoms with E-state index in [9.17, 15) is 9.90 Å². The smallest absolute Gasteiger partial charge is 0.137 e.